The summed E-state index contributed by atoms with van der Waals surface area (Å²) in [6.07, 6.45) is 4.34. The van der Waals surface area contributed by atoms with E-state index in [1.54, 1.807) is 0 Å². The molecule has 1 aliphatic rings. The number of fused-ring (bicyclic) bond motifs is 1. The third-order valence-corrected chi connectivity index (χ3v) is 5.03. The van der Waals surface area contributed by atoms with Gasteiger partial charge in [-0.1, -0.05) is 0 Å². The fraction of sp³-hybridized carbons (Fsp3) is 0.500. The second-order valence-electron chi connectivity index (χ2n) is 3.33. The number of aryl methyl sites for hydroxylation is 1. The van der Waals surface area contributed by atoms with E-state index < -0.39 is 9.92 Å². The molecule has 1 heterocycles. The van der Waals surface area contributed by atoms with Crippen LogP contribution in [0.5, 0.6) is 0 Å². The molecule has 0 fully saturated rings. The molecule has 1 aliphatic carbocycles. The maximum atomic E-state index is 11.4. The monoisotopic (exact) mass is 216 g/mol. The van der Waals surface area contributed by atoms with Gasteiger partial charge in [0.15, 0.2) is 0 Å². The summed E-state index contributed by atoms with van der Waals surface area (Å²) in [6, 6.07) is 0. The summed E-state index contributed by atoms with van der Waals surface area (Å²) in [4.78, 5) is 0. The van der Waals surface area contributed by atoms with Gasteiger partial charge in [0.2, 0.25) is 0 Å². The first-order valence-electron chi connectivity index (χ1n) is 4.25. The molecule has 1 aromatic heterocycles. The van der Waals surface area contributed by atoms with E-state index in [2.05, 4.69) is 0 Å². The van der Waals surface area contributed by atoms with E-state index in [0.717, 1.165) is 24.8 Å². The first kappa shape index (κ1) is 9.18. The largest absolute Gasteiger partial charge is 0.241 e. The first-order valence-corrected chi connectivity index (χ1v) is 6.75. The zero-order valence-electron chi connectivity index (χ0n) is 7.21. The molecule has 0 saturated carbocycles. The van der Waals surface area contributed by atoms with Crippen LogP contribution in [-0.2, 0) is 22.8 Å². The van der Waals surface area contributed by atoms with Crippen LogP contribution in [0.15, 0.2) is 9.59 Å². The number of nitrogens with two attached hydrogens (primary N) is 1. The maximum Gasteiger partial charge on any atom is 0.142 e. The van der Waals surface area contributed by atoms with Crippen LogP contribution in [0.3, 0.4) is 0 Å². The Kier molecular flexibility index (Phi) is 2.17. The first-order chi connectivity index (χ1) is 6.09. The molecular formula is C8H12N2OS2. The molecular weight excluding hydrogens is 204 g/mol. The molecule has 3 N–H and O–H groups in total. The molecule has 0 aliphatic heterocycles. The highest BCUT2D eigenvalue weighted by atomic mass is 32.2. The number of thiophene rings is 1. The van der Waals surface area contributed by atoms with E-state index in [4.69, 9.17) is 9.92 Å². The molecule has 13 heavy (non-hydrogen) atoms. The molecule has 0 bridgehead atoms. The molecule has 0 spiro atoms. The lowest BCUT2D eigenvalue weighted by molar-refractivity contribution is 0.666. The van der Waals surface area contributed by atoms with E-state index in [1.165, 1.54) is 23.3 Å². The Morgan fingerprint density at radius 3 is 2.85 bits per heavy atom. The molecule has 1 atom stereocenters. The molecule has 0 radical (unpaired) electrons. The van der Waals surface area contributed by atoms with Gasteiger partial charge in [-0.05, 0) is 42.2 Å². The van der Waals surface area contributed by atoms with Crippen molar-refractivity contribution in [2.45, 2.75) is 29.9 Å². The Labute approximate surface area is 82.1 Å². The van der Waals surface area contributed by atoms with Gasteiger partial charge in [-0.25, -0.2) is 14.1 Å². The lowest BCUT2D eigenvalue weighted by atomic mass is 9.96. The van der Waals surface area contributed by atoms with Gasteiger partial charge in [0.1, 0.15) is 14.1 Å². The summed E-state index contributed by atoms with van der Waals surface area (Å²) in [5.74, 6) is 0. The zero-order valence-corrected chi connectivity index (χ0v) is 8.84. The van der Waals surface area contributed by atoms with Crippen LogP contribution < -0.4 is 5.14 Å². The average Bonchev–Trinajstić information content (AvgIpc) is 2.45. The minimum Gasteiger partial charge on any atom is -0.241 e. The highest BCUT2D eigenvalue weighted by molar-refractivity contribution is 7.92. The van der Waals surface area contributed by atoms with Crippen molar-refractivity contribution >= 4 is 21.3 Å². The molecule has 5 heteroatoms. The van der Waals surface area contributed by atoms with Crippen LogP contribution in [-0.4, -0.2) is 4.21 Å². The van der Waals surface area contributed by atoms with Crippen molar-refractivity contribution in [3.63, 3.8) is 0 Å². The van der Waals surface area contributed by atoms with Gasteiger partial charge in [0.25, 0.3) is 0 Å². The molecule has 1 unspecified atom stereocenters. The zero-order chi connectivity index (χ0) is 9.47. The Balaban J connectivity index is 2.55. The van der Waals surface area contributed by atoms with Gasteiger partial charge in [0.05, 0.1) is 0 Å². The van der Waals surface area contributed by atoms with Crippen molar-refractivity contribution in [2.75, 3.05) is 0 Å². The topological polar surface area (TPSA) is 66.9 Å². The third-order valence-electron chi connectivity index (χ3n) is 2.34. The predicted octanol–water partition coefficient (Wildman–Crippen LogP) is 1.91. The van der Waals surface area contributed by atoms with Crippen molar-refractivity contribution in [3.8, 4) is 0 Å². The fourth-order valence-corrected chi connectivity index (χ4v) is 3.94. The third kappa shape index (κ3) is 1.63. The summed E-state index contributed by atoms with van der Waals surface area (Å²) in [6.45, 7) is 0. The number of hydrogen-bond acceptors (Lipinski definition) is 3. The smallest absolute Gasteiger partial charge is 0.142 e. The van der Waals surface area contributed by atoms with E-state index >= 15 is 0 Å². The fourth-order valence-electron chi connectivity index (χ4n) is 1.74. The van der Waals surface area contributed by atoms with E-state index in [9.17, 15) is 4.21 Å². The van der Waals surface area contributed by atoms with Crippen molar-refractivity contribution < 1.29 is 4.21 Å². The molecule has 0 saturated heterocycles. The van der Waals surface area contributed by atoms with Crippen LogP contribution in [0.1, 0.15) is 24.0 Å². The quantitative estimate of drug-likeness (QED) is 0.739. The Morgan fingerprint density at radius 2 is 2.15 bits per heavy atom. The van der Waals surface area contributed by atoms with E-state index in [0.29, 0.717) is 4.21 Å². The Hall–Kier alpha value is -0.390. The van der Waals surface area contributed by atoms with Gasteiger partial charge in [-0.3, -0.25) is 0 Å². The summed E-state index contributed by atoms with van der Waals surface area (Å²) < 4.78 is 19.3. The van der Waals surface area contributed by atoms with E-state index in [-0.39, 0.29) is 0 Å². The van der Waals surface area contributed by atoms with Crippen LogP contribution in [0.4, 0.5) is 0 Å². The summed E-state index contributed by atoms with van der Waals surface area (Å²) in [5.41, 5.74) is 2.36. The van der Waals surface area contributed by atoms with Crippen LogP contribution in [0, 0.1) is 4.78 Å². The normalized spacial score (nSPS) is 20.7. The highest BCUT2D eigenvalue weighted by Crippen LogP contribution is 2.32. The molecule has 0 amide bonds. The second-order valence-corrected chi connectivity index (χ2v) is 6.08. The minimum absolute atomic E-state index is 0.599. The van der Waals surface area contributed by atoms with Crippen molar-refractivity contribution in [2.24, 2.45) is 5.14 Å². The lowest BCUT2D eigenvalue weighted by Gasteiger charge is -2.12. The van der Waals surface area contributed by atoms with Crippen molar-refractivity contribution in [1.29, 1.82) is 4.78 Å². The molecule has 0 aromatic carbocycles. The van der Waals surface area contributed by atoms with Crippen LogP contribution >= 0.6 is 11.3 Å². The minimum atomic E-state index is -2.98. The lowest BCUT2D eigenvalue weighted by Crippen LogP contribution is -2.12. The standard InChI is InChI=1S/C8H12N2OS2/c9-13(10,11)8-7-4-2-1-3-6(7)5-12-8/h5H,1-4H2,(H3,9,10,11). The van der Waals surface area contributed by atoms with Gasteiger partial charge in [-0.15, -0.1) is 11.3 Å². The van der Waals surface area contributed by atoms with Crippen LogP contribution in [0.2, 0.25) is 0 Å². The second kappa shape index (κ2) is 3.08. The van der Waals surface area contributed by atoms with Gasteiger partial charge in [0, 0.05) is 0 Å². The van der Waals surface area contributed by atoms with Crippen LogP contribution in [0.25, 0.3) is 0 Å². The molecule has 2 rings (SSSR count). The Bertz CT molecular complexity index is 419. The molecule has 3 nitrogen and oxygen atoms in total. The summed E-state index contributed by atoms with van der Waals surface area (Å²) in [5, 5.41) is 7.33. The SMILES string of the molecule is N=S(N)(=O)c1scc2c1CCCC2. The maximum absolute atomic E-state index is 11.4. The molecule has 72 valence electrons. The number of hydrogen-bond donors (Lipinski definition) is 2. The average molecular weight is 216 g/mol. The summed E-state index contributed by atoms with van der Waals surface area (Å²) in [7, 11) is -2.98. The van der Waals surface area contributed by atoms with Gasteiger partial charge in [-0.2, -0.15) is 0 Å². The van der Waals surface area contributed by atoms with Gasteiger partial charge < -0.3 is 0 Å². The van der Waals surface area contributed by atoms with Crippen molar-refractivity contribution in [3.05, 3.63) is 16.5 Å². The van der Waals surface area contributed by atoms with Crippen molar-refractivity contribution in [1.82, 2.24) is 0 Å². The highest BCUT2D eigenvalue weighted by Gasteiger charge is 2.19. The van der Waals surface area contributed by atoms with E-state index in [1.807, 2.05) is 5.38 Å². The number of nitrogens with one attached hydrogen (secondary N) is 1. The predicted molar refractivity (Wildman–Crippen MR) is 54.3 cm³/mol. The van der Waals surface area contributed by atoms with Gasteiger partial charge >= 0.3 is 0 Å². The molecule has 1 aromatic rings. The Morgan fingerprint density at radius 1 is 1.46 bits per heavy atom. The summed E-state index contributed by atoms with van der Waals surface area (Å²) >= 11 is 1.38. The number of rotatable bonds is 1.